The van der Waals surface area contributed by atoms with Crippen molar-refractivity contribution >= 4 is 22.4 Å². The highest BCUT2D eigenvalue weighted by Crippen LogP contribution is 2.31. The minimum Gasteiger partial charge on any atom is -0.497 e. The highest BCUT2D eigenvalue weighted by atomic mass is 16.5. The van der Waals surface area contributed by atoms with Gasteiger partial charge in [-0.05, 0) is 41.8 Å². The summed E-state index contributed by atoms with van der Waals surface area (Å²) in [4.78, 5) is 8.96. The number of H-pyrrole nitrogens is 1. The van der Waals surface area contributed by atoms with E-state index in [1.165, 1.54) is 0 Å². The number of aromatic amines is 1. The van der Waals surface area contributed by atoms with E-state index in [0.29, 0.717) is 11.6 Å². The molecular weight excluding hydrogens is 302 g/mol. The fourth-order valence-corrected chi connectivity index (χ4v) is 2.61. The number of pyridine rings is 2. The lowest BCUT2D eigenvalue weighted by Crippen LogP contribution is -1.97. The summed E-state index contributed by atoms with van der Waals surface area (Å²) in [6.45, 7) is 0. The highest BCUT2D eigenvalue weighted by Gasteiger charge is 2.10. The van der Waals surface area contributed by atoms with E-state index in [2.05, 4.69) is 20.5 Å². The number of nitrogens with zero attached hydrogens (tertiary/aromatic N) is 3. The maximum Gasteiger partial charge on any atom is 0.153 e. The van der Waals surface area contributed by atoms with Crippen LogP contribution in [0.4, 0.5) is 11.6 Å². The summed E-state index contributed by atoms with van der Waals surface area (Å²) in [6.07, 6.45) is 5.32. The van der Waals surface area contributed by atoms with Crippen LogP contribution in [0.2, 0.25) is 0 Å². The molecule has 3 heterocycles. The van der Waals surface area contributed by atoms with Crippen LogP contribution in [0.5, 0.6) is 5.75 Å². The van der Waals surface area contributed by atoms with Gasteiger partial charge in [0.15, 0.2) is 5.82 Å². The van der Waals surface area contributed by atoms with Gasteiger partial charge >= 0.3 is 0 Å². The Labute approximate surface area is 138 Å². The first-order chi connectivity index (χ1) is 11.8. The number of fused-ring (bicyclic) bond motifs is 1. The molecule has 0 bridgehead atoms. The Balaban J connectivity index is 1.91. The second-order valence-electron chi connectivity index (χ2n) is 5.27. The standard InChI is InChI=1S/C18H15N5O/c1-24-14-4-5-15-13(9-14)10-17(21-16-6-8-20-23-16)22-18(15)12-3-2-7-19-11-12/h2-11H,1H3,(H2,20,21,22,23). The molecule has 2 N–H and O–H groups in total. The monoisotopic (exact) mass is 317 g/mol. The molecule has 0 saturated heterocycles. The number of nitrogens with one attached hydrogen (secondary N) is 2. The molecular formula is C18H15N5O. The van der Waals surface area contributed by atoms with Gasteiger partial charge in [0.2, 0.25) is 0 Å². The number of hydrogen-bond acceptors (Lipinski definition) is 5. The van der Waals surface area contributed by atoms with Gasteiger partial charge in [0.1, 0.15) is 11.6 Å². The second-order valence-corrected chi connectivity index (χ2v) is 5.27. The van der Waals surface area contributed by atoms with E-state index in [9.17, 15) is 0 Å². The van der Waals surface area contributed by atoms with Crippen molar-refractivity contribution < 1.29 is 4.74 Å². The second kappa shape index (κ2) is 6.00. The first-order valence-corrected chi connectivity index (χ1v) is 7.49. The minimum absolute atomic E-state index is 0.710. The quantitative estimate of drug-likeness (QED) is 0.599. The molecule has 0 aliphatic heterocycles. The third kappa shape index (κ3) is 2.65. The van der Waals surface area contributed by atoms with Crippen LogP contribution in [0.25, 0.3) is 22.0 Å². The zero-order chi connectivity index (χ0) is 16.4. The van der Waals surface area contributed by atoms with Crippen LogP contribution < -0.4 is 10.1 Å². The van der Waals surface area contributed by atoms with E-state index in [-0.39, 0.29) is 0 Å². The van der Waals surface area contributed by atoms with Gasteiger partial charge < -0.3 is 10.1 Å². The summed E-state index contributed by atoms with van der Waals surface area (Å²) in [6, 6.07) is 13.7. The Morgan fingerprint density at radius 3 is 2.79 bits per heavy atom. The average Bonchev–Trinajstić information content (AvgIpc) is 3.14. The van der Waals surface area contributed by atoms with Gasteiger partial charge in [-0.2, -0.15) is 5.10 Å². The maximum atomic E-state index is 5.34. The molecule has 1 aromatic carbocycles. The van der Waals surface area contributed by atoms with E-state index in [4.69, 9.17) is 9.72 Å². The molecule has 4 aromatic rings. The van der Waals surface area contributed by atoms with Gasteiger partial charge in [-0.15, -0.1) is 0 Å². The van der Waals surface area contributed by atoms with E-state index in [0.717, 1.165) is 27.8 Å². The van der Waals surface area contributed by atoms with Crippen LogP contribution in [0.3, 0.4) is 0 Å². The third-order valence-corrected chi connectivity index (χ3v) is 3.73. The van der Waals surface area contributed by atoms with Crippen LogP contribution >= 0.6 is 0 Å². The molecule has 3 aromatic heterocycles. The van der Waals surface area contributed by atoms with Gasteiger partial charge in [-0.3, -0.25) is 10.1 Å². The number of rotatable bonds is 4. The number of anilines is 2. The predicted molar refractivity (Wildman–Crippen MR) is 93.4 cm³/mol. The van der Waals surface area contributed by atoms with Gasteiger partial charge in [0.05, 0.1) is 12.8 Å². The molecule has 0 aliphatic rings. The molecule has 118 valence electrons. The summed E-state index contributed by atoms with van der Waals surface area (Å²) in [5, 5.41) is 12.2. The van der Waals surface area contributed by atoms with Crippen molar-refractivity contribution in [2.75, 3.05) is 12.4 Å². The topological polar surface area (TPSA) is 75.7 Å². The van der Waals surface area contributed by atoms with Crippen molar-refractivity contribution in [3.05, 3.63) is 61.1 Å². The first kappa shape index (κ1) is 14.2. The molecule has 0 amide bonds. The zero-order valence-electron chi connectivity index (χ0n) is 13.0. The van der Waals surface area contributed by atoms with Gasteiger partial charge in [-0.25, -0.2) is 4.98 Å². The number of ether oxygens (including phenoxy) is 1. The molecule has 0 atom stereocenters. The predicted octanol–water partition coefficient (Wildman–Crippen LogP) is 3.77. The first-order valence-electron chi connectivity index (χ1n) is 7.49. The Hall–Kier alpha value is -3.41. The number of aromatic nitrogens is 4. The Kier molecular flexibility index (Phi) is 3.55. The molecule has 4 rings (SSSR count). The van der Waals surface area contributed by atoms with Crippen molar-refractivity contribution in [1.82, 2.24) is 20.2 Å². The fourth-order valence-electron chi connectivity index (χ4n) is 2.61. The molecule has 0 unspecified atom stereocenters. The number of methoxy groups -OCH3 is 1. The van der Waals surface area contributed by atoms with Crippen LogP contribution in [0.15, 0.2) is 61.1 Å². The van der Waals surface area contributed by atoms with E-state index >= 15 is 0 Å². The summed E-state index contributed by atoms with van der Waals surface area (Å²) >= 11 is 0. The largest absolute Gasteiger partial charge is 0.497 e. The SMILES string of the molecule is COc1ccc2c(-c3cccnc3)nc(Nc3cc[nH]n3)cc2c1. The zero-order valence-corrected chi connectivity index (χ0v) is 13.0. The van der Waals surface area contributed by atoms with E-state index in [1.54, 1.807) is 19.5 Å². The number of hydrogen-bond donors (Lipinski definition) is 2. The van der Waals surface area contributed by atoms with Crippen LogP contribution in [-0.2, 0) is 0 Å². The maximum absolute atomic E-state index is 5.34. The average molecular weight is 317 g/mol. The smallest absolute Gasteiger partial charge is 0.153 e. The normalized spacial score (nSPS) is 10.7. The van der Waals surface area contributed by atoms with Crippen molar-refractivity contribution in [2.24, 2.45) is 0 Å². The van der Waals surface area contributed by atoms with Crippen molar-refractivity contribution in [1.29, 1.82) is 0 Å². The Morgan fingerprint density at radius 1 is 1.08 bits per heavy atom. The summed E-state index contributed by atoms with van der Waals surface area (Å²) in [5.41, 5.74) is 1.82. The summed E-state index contributed by atoms with van der Waals surface area (Å²) < 4.78 is 5.34. The highest BCUT2D eigenvalue weighted by molar-refractivity contribution is 5.97. The lowest BCUT2D eigenvalue weighted by atomic mass is 10.0. The molecule has 24 heavy (non-hydrogen) atoms. The van der Waals surface area contributed by atoms with Crippen molar-refractivity contribution in [2.45, 2.75) is 0 Å². The third-order valence-electron chi connectivity index (χ3n) is 3.73. The Morgan fingerprint density at radius 2 is 2.04 bits per heavy atom. The molecule has 6 nitrogen and oxygen atoms in total. The minimum atomic E-state index is 0.710. The lowest BCUT2D eigenvalue weighted by molar-refractivity contribution is 0.415. The van der Waals surface area contributed by atoms with E-state index < -0.39 is 0 Å². The summed E-state index contributed by atoms with van der Waals surface area (Å²) in [5.74, 6) is 2.22. The molecule has 6 heteroatoms. The van der Waals surface area contributed by atoms with Crippen molar-refractivity contribution in [3.8, 4) is 17.0 Å². The van der Waals surface area contributed by atoms with Crippen LogP contribution in [0, 0.1) is 0 Å². The van der Waals surface area contributed by atoms with Crippen LogP contribution in [0.1, 0.15) is 0 Å². The molecule has 0 saturated carbocycles. The molecule has 0 radical (unpaired) electrons. The van der Waals surface area contributed by atoms with Crippen LogP contribution in [-0.4, -0.2) is 27.3 Å². The Bertz CT molecular complexity index is 968. The fraction of sp³-hybridized carbons (Fsp3) is 0.0556. The van der Waals surface area contributed by atoms with Gasteiger partial charge in [-0.1, -0.05) is 0 Å². The molecule has 0 spiro atoms. The summed E-state index contributed by atoms with van der Waals surface area (Å²) in [7, 11) is 1.66. The molecule has 0 aliphatic carbocycles. The van der Waals surface area contributed by atoms with Crippen molar-refractivity contribution in [3.63, 3.8) is 0 Å². The lowest BCUT2D eigenvalue weighted by Gasteiger charge is -2.11. The van der Waals surface area contributed by atoms with E-state index in [1.807, 2.05) is 48.7 Å². The van der Waals surface area contributed by atoms with Gasteiger partial charge in [0.25, 0.3) is 0 Å². The van der Waals surface area contributed by atoms with Gasteiger partial charge in [0, 0.05) is 35.6 Å². The number of benzene rings is 1. The molecule has 0 fully saturated rings.